The molecule has 214 valence electrons. The van der Waals surface area contributed by atoms with Gasteiger partial charge in [0.25, 0.3) is 0 Å². The van der Waals surface area contributed by atoms with Crippen LogP contribution in [0.4, 0.5) is 0 Å². The number of nitrogens with zero attached hydrogens (tertiary/aromatic N) is 1. The average molecular weight is 544 g/mol. The van der Waals surface area contributed by atoms with E-state index in [-0.39, 0.29) is 24.6 Å². The minimum absolute atomic E-state index is 0.0320. The Morgan fingerprint density at radius 2 is 1.62 bits per heavy atom. The number of nitrogens with two attached hydrogens (primary N) is 1. The zero-order valence-corrected chi connectivity index (χ0v) is 23.1. The number of hydrogen-bond acceptors (Lipinski definition) is 6. The quantitative estimate of drug-likeness (QED) is 0.150. The van der Waals surface area contributed by atoms with Gasteiger partial charge in [-0.15, -0.1) is 0 Å². The molecule has 1 saturated heterocycles. The molecular weight excluding hydrogens is 502 g/mol. The highest BCUT2D eigenvalue weighted by Crippen LogP contribution is 2.15. The van der Waals surface area contributed by atoms with E-state index in [0.29, 0.717) is 19.3 Å². The minimum atomic E-state index is -0.995. The van der Waals surface area contributed by atoms with E-state index in [2.05, 4.69) is 21.3 Å². The van der Waals surface area contributed by atoms with E-state index in [9.17, 15) is 24.0 Å². The lowest BCUT2D eigenvalue weighted by molar-refractivity contribution is -0.144. The van der Waals surface area contributed by atoms with Crippen LogP contribution in [0.5, 0.6) is 0 Å². The predicted octanol–water partition coefficient (Wildman–Crippen LogP) is -0.187. The van der Waals surface area contributed by atoms with Gasteiger partial charge in [-0.25, -0.2) is 0 Å². The molecule has 1 aliphatic rings. The Morgan fingerprint density at radius 3 is 2.23 bits per heavy atom. The van der Waals surface area contributed by atoms with Crippen LogP contribution in [0.25, 0.3) is 0 Å². The van der Waals surface area contributed by atoms with E-state index in [0.717, 1.165) is 5.56 Å². The number of carbonyl (C=O) groups excluding carboxylic acids is 5. The number of carbonyl (C=O) groups is 5. The van der Waals surface area contributed by atoms with Gasteiger partial charge in [-0.2, -0.15) is 0 Å². The van der Waals surface area contributed by atoms with Crippen LogP contribution in [0.15, 0.2) is 30.3 Å². The maximum atomic E-state index is 13.7. The molecule has 2 rings (SSSR count). The second kappa shape index (κ2) is 14.8. The molecule has 1 fully saturated rings. The smallest absolute Gasteiger partial charge is 0.245 e. The fourth-order valence-corrected chi connectivity index (χ4v) is 4.49. The number of hydrogen-bond donors (Lipinski definition) is 6. The lowest BCUT2D eigenvalue weighted by Gasteiger charge is -2.34. The SMILES string of the molecule is CC1NC(=O)CNC(=O)C(CCCCC(=N)N)NC(=O)C(C(C)C)N(C)C(=O)C(Cc2ccccc2)NC1=O. The van der Waals surface area contributed by atoms with Crippen molar-refractivity contribution in [3.63, 3.8) is 0 Å². The van der Waals surface area contributed by atoms with Crippen LogP contribution in [0.3, 0.4) is 0 Å². The number of amides is 5. The Kier molecular flexibility index (Phi) is 11.9. The van der Waals surface area contributed by atoms with Gasteiger partial charge >= 0.3 is 0 Å². The van der Waals surface area contributed by atoms with E-state index in [1.54, 1.807) is 13.8 Å². The van der Waals surface area contributed by atoms with Gasteiger partial charge in [0.15, 0.2) is 0 Å². The molecule has 7 N–H and O–H groups in total. The van der Waals surface area contributed by atoms with E-state index >= 15 is 0 Å². The highest BCUT2D eigenvalue weighted by molar-refractivity contribution is 5.97. The Morgan fingerprint density at radius 1 is 0.974 bits per heavy atom. The van der Waals surface area contributed by atoms with Crippen molar-refractivity contribution in [3.8, 4) is 0 Å². The summed E-state index contributed by atoms with van der Waals surface area (Å²) in [5, 5.41) is 17.9. The number of benzene rings is 1. The van der Waals surface area contributed by atoms with Gasteiger partial charge in [0.1, 0.15) is 24.2 Å². The fraction of sp³-hybridized carbons (Fsp3) is 0.556. The van der Waals surface area contributed by atoms with Crippen molar-refractivity contribution < 1.29 is 24.0 Å². The van der Waals surface area contributed by atoms with Crippen molar-refractivity contribution in [2.75, 3.05) is 13.6 Å². The molecule has 5 amide bonds. The van der Waals surface area contributed by atoms with Gasteiger partial charge in [0.2, 0.25) is 29.5 Å². The molecule has 1 heterocycles. The lowest BCUT2D eigenvalue weighted by Crippen LogP contribution is -2.59. The first kappa shape index (κ1) is 31.3. The third kappa shape index (κ3) is 9.69. The second-order valence-electron chi connectivity index (χ2n) is 10.2. The summed E-state index contributed by atoms with van der Waals surface area (Å²) in [6.07, 6.45) is 1.84. The third-order valence-corrected chi connectivity index (χ3v) is 6.58. The van der Waals surface area contributed by atoms with E-state index in [1.165, 1.54) is 18.9 Å². The largest absolute Gasteiger partial charge is 0.388 e. The molecule has 1 aliphatic heterocycles. The molecule has 4 unspecified atom stereocenters. The highest BCUT2D eigenvalue weighted by Gasteiger charge is 2.36. The average Bonchev–Trinajstić information content (AvgIpc) is 2.87. The van der Waals surface area contributed by atoms with E-state index in [1.807, 2.05) is 30.3 Å². The molecule has 1 aromatic carbocycles. The summed E-state index contributed by atoms with van der Waals surface area (Å²) in [5.41, 5.74) is 6.23. The summed E-state index contributed by atoms with van der Waals surface area (Å²) in [7, 11) is 1.50. The molecule has 4 atom stereocenters. The minimum Gasteiger partial charge on any atom is -0.388 e. The molecule has 0 aliphatic carbocycles. The van der Waals surface area contributed by atoms with Gasteiger partial charge in [0.05, 0.1) is 12.4 Å². The topological polar surface area (TPSA) is 187 Å². The molecule has 0 radical (unpaired) electrons. The van der Waals surface area contributed by atoms with Crippen molar-refractivity contribution in [2.24, 2.45) is 11.7 Å². The standard InChI is InChI=1S/C27H41N7O5/c1-16(2)23-26(38)32-19(12-8-9-13-21(28)29)25(37)30-15-22(35)31-17(3)24(36)33-20(27(39)34(23)4)14-18-10-6-5-7-11-18/h5-7,10-11,16-17,19-20,23H,8-9,12-15H2,1-4H3,(H3,28,29)(H,30,37)(H,31,35)(H,32,38)(H,33,36). The van der Waals surface area contributed by atoms with Gasteiger partial charge in [-0.1, -0.05) is 50.6 Å². The summed E-state index contributed by atoms with van der Waals surface area (Å²) in [4.78, 5) is 66.9. The summed E-state index contributed by atoms with van der Waals surface area (Å²) >= 11 is 0. The van der Waals surface area contributed by atoms with Crippen LogP contribution in [-0.4, -0.2) is 78.0 Å². The van der Waals surface area contributed by atoms with E-state index in [4.69, 9.17) is 11.1 Å². The number of nitrogens with one attached hydrogen (secondary N) is 5. The normalized spacial score (nSPS) is 23.7. The molecule has 12 nitrogen and oxygen atoms in total. The molecule has 0 spiro atoms. The number of unbranched alkanes of at least 4 members (excludes halogenated alkanes) is 1. The van der Waals surface area contributed by atoms with Crippen molar-refractivity contribution >= 4 is 35.4 Å². The Hall–Kier alpha value is -3.96. The molecule has 0 saturated carbocycles. The molecule has 0 bridgehead atoms. The van der Waals surface area contributed by atoms with Crippen LogP contribution in [0, 0.1) is 11.3 Å². The molecule has 39 heavy (non-hydrogen) atoms. The monoisotopic (exact) mass is 543 g/mol. The molecular formula is C27H41N7O5. The van der Waals surface area contributed by atoms with Gasteiger partial charge in [0, 0.05) is 19.9 Å². The van der Waals surface area contributed by atoms with Crippen LogP contribution in [-0.2, 0) is 30.4 Å². The van der Waals surface area contributed by atoms with E-state index < -0.39 is 60.2 Å². The highest BCUT2D eigenvalue weighted by atomic mass is 16.2. The lowest BCUT2D eigenvalue weighted by atomic mass is 9.98. The molecule has 1 aromatic rings. The summed E-state index contributed by atoms with van der Waals surface area (Å²) in [5.74, 6) is -3.00. The Balaban J connectivity index is 2.40. The second-order valence-corrected chi connectivity index (χ2v) is 10.2. The summed E-state index contributed by atoms with van der Waals surface area (Å²) in [6, 6.07) is 5.30. The van der Waals surface area contributed by atoms with Crippen molar-refractivity contribution in [2.45, 2.75) is 77.0 Å². The predicted molar refractivity (Wildman–Crippen MR) is 146 cm³/mol. The molecule has 0 aromatic heterocycles. The van der Waals surface area contributed by atoms with Crippen molar-refractivity contribution in [3.05, 3.63) is 35.9 Å². The molecule has 12 heteroatoms. The van der Waals surface area contributed by atoms with Gasteiger partial charge in [-0.3, -0.25) is 29.4 Å². The number of amidine groups is 1. The fourth-order valence-electron chi connectivity index (χ4n) is 4.49. The Bertz CT molecular complexity index is 1050. The number of rotatable bonds is 8. The van der Waals surface area contributed by atoms with Crippen molar-refractivity contribution in [1.29, 1.82) is 5.41 Å². The maximum Gasteiger partial charge on any atom is 0.245 e. The third-order valence-electron chi connectivity index (χ3n) is 6.58. The maximum absolute atomic E-state index is 13.7. The van der Waals surface area contributed by atoms with Crippen LogP contribution < -0.4 is 27.0 Å². The van der Waals surface area contributed by atoms with Gasteiger partial charge in [-0.05, 0) is 31.2 Å². The number of likely N-dealkylation sites (N-methyl/N-ethyl adjacent to an activating group) is 1. The Labute approximate surface area is 229 Å². The zero-order chi connectivity index (χ0) is 29.1. The summed E-state index contributed by atoms with van der Waals surface area (Å²) < 4.78 is 0. The van der Waals surface area contributed by atoms with Crippen LogP contribution in [0.2, 0.25) is 0 Å². The van der Waals surface area contributed by atoms with Crippen LogP contribution in [0.1, 0.15) is 52.0 Å². The van der Waals surface area contributed by atoms with Gasteiger partial charge < -0.3 is 31.9 Å². The first-order chi connectivity index (χ1) is 18.4. The first-order valence-electron chi connectivity index (χ1n) is 13.2. The van der Waals surface area contributed by atoms with Crippen LogP contribution >= 0.6 is 0 Å². The van der Waals surface area contributed by atoms with Crippen molar-refractivity contribution in [1.82, 2.24) is 26.2 Å². The summed E-state index contributed by atoms with van der Waals surface area (Å²) in [6.45, 7) is 4.68. The zero-order valence-electron chi connectivity index (χ0n) is 23.1. The first-order valence-corrected chi connectivity index (χ1v) is 13.2.